The van der Waals surface area contributed by atoms with Crippen molar-refractivity contribution in [1.29, 1.82) is 0 Å². The molecule has 0 aliphatic carbocycles. The molecule has 0 radical (unpaired) electrons. The summed E-state index contributed by atoms with van der Waals surface area (Å²) in [5, 5.41) is 8.95. The van der Waals surface area contributed by atoms with Gasteiger partial charge in [-0.05, 0) is 13.3 Å². The van der Waals surface area contributed by atoms with Gasteiger partial charge in [0.2, 0.25) is 0 Å². The Balaban J connectivity index is 2.13. The largest absolute Gasteiger partial charge is 0.481 e. The smallest absolute Gasteiger partial charge is 0.308 e. The summed E-state index contributed by atoms with van der Waals surface area (Å²) in [6, 6.07) is -0.285. The molecule has 0 bridgehead atoms. The Morgan fingerprint density at radius 2 is 2.38 bits per heavy atom. The first-order valence-electron chi connectivity index (χ1n) is 4.92. The maximum atomic E-state index is 11.9. The number of hydrogen-bond donors (Lipinski definition) is 1. The summed E-state index contributed by atoms with van der Waals surface area (Å²) in [7, 11) is 0. The fourth-order valence-electron chi connectivity index (χ4n) is 1.96. The highest BCUT2D eigenvalue weighted by Crippen LogP contribution is 2.25. The predicted octanol–water partition coefficient (Wildman–Crippen LogP) is 0.473. The molecule has 1 amide bonds. The van der Waals surface area contributed by atoms with Crippen molar-refractivity contribution in [3.05, 3.63) is 11.9 Å². The number of carbonyl (C=O) groups is 2. The second kappa shape index (κ2) is 4.17. The summed E-state index contributed by atoms with van der Waals surface area (Å²) in [6.45, 7) is 2.22. The molecule has 6 nitrogen and oxygen atoms in total. The number of nitrogens with zero attached hydrogens (tertiary/aromatic N) is 3. The molecule has 16 heavy (non-hydrogen) atoms. The van der Waals surface area contributed by atoms with E-state index in [0.29, 0.717) is 18.7 Å². The van der Waals surface area contributed by atoms with Gasteiger partial charge in [-0.25, -0.2) is 0 Å². The highest BCUT2D eigenvalue weighted by molar-refractivity contribution is 6.99. The van der Waals surface area contributed by atoms with E-state index < -0.39 is 11.9 Å². The molecule has 0 saturated carbocycles. The van der Waals surface area contributed by atoms with Gasteiger partial charge >= 0.3 is 5.97 Å². The molecule has 1 aliphatic heterocycles. The van der Waals surface area contributed by atoms with E-state index in [-0.39, 0.29) is 11.9 Å². The van der Waals surface area contributed by atoms with Crippen LogP contribution in [0.2, 0.25) is 0 Å². The third kappa shape index (κ3) is 1.78. The minimum absolute atomic E-state index is 0.231. The van der Waals surface area contributed by atoms with Gasteiger partial charge in [0, 0.05) is 12.6 Å². The first kappa shape index (κ1) is 11.0. The number of hydrogen-bond acceptors (Lipinski definition) is 5. The standard InChI is InChI=1S/C9H11N3O3S/c1-5-6(9(14)15)2-3-12(5)8(13)7-4-10-16-11-7/h4-6H,2-3H2,1H3,(H,14,15). The van der Waals surface area contributed by atoms with Crippen molar-refractivity contribution in [2.45, 2.75) is 19.4 Å². The first-order chi connectivity index (χ1) is 7.61. The van der Waals surface area contributed by atoms with Gasteiger partial charge in [0.1, 0.15) is 0 Å². The quantitative estimate of drug-likeness (QED) is 0.813. The van der Waals surface area contributed by atoms with E-state index in [4.69, 9.17) is 5.11 Å². The summed E-state index contributed by atoms with van der Waals surface area (Å²) in [5.74, 6) is -1.56. The van der Waals surface area contributed by atoms with Crippen LogP contribution in [0.5, 0.6) is 0 Å². The summed E-state index contributed by atoms with van der Waals surface area (Å²) >= 11 is 0.971. The second-order valence-electron chi connectivity index (χ2n) is 3.77. The third-order valence-corrected chi connectivity index (χ3v) is 3.39. The van der Waals surface area contributed by atoms with Crippen LogP contribution in [0.4, 0.5) is 0 Å². The molecule has 1 aromatic heterocycles. The molecular weight excluding hydrogens is 230 g/mol. The number of likely N-dealkylation sites (tertiary alicyclic amines) is 1. The summed E-state index contributed by atoms with van der Waals surface area (Å²) < 4.78 is 7.62. The number of amides is 1. The molecule has 1 N–H and O–H groups in total. The van der Waals surface area contributed by atoms with Gasteiger partial charge in [-0.2, -0.15) is 8.75 Å². The summed E-state index contributed by atoms with van der Waals surface area (Å²) in [6.07, 6.45) is 1.91. The second-order valence-corrected chi connectivity index (χ2v) is 4.32. The van der Waals surface area contributed by atoms with Gasteiger partial charge in [0.15, 0.2) is 5.69 Å². The van der Waals surface area contributed by atoms with Gasteiger partial charge in [-0.15, -0.1) is 0 Å². The molecule has 1 aromatic rings. The maximum absolute atomic E-state index is 11.9. The molecule has 1 saturated heterocycles. The van der Waals surface area contributed by atoms with Crippen molar-refractivity contribution in [2.24, 2.45) is 5.92 Å². The lowest BCUT2D eigenvalue weighted by atomic mass is 10.0. The van der Waals surface area contributed by atoms with Crippen LogP contribution in [-0.2, 0) is 4.79 Å². The zero-order valence-corrected chi connectivity index (χ0v) is 9.48. The molecule has 2 atom stereocenters. The van der Waals surface area contributed by atoms with Gasteiger partial charge in [-0.1, -0.05) is 0 Å². The Hall–Kier alpha value is -1.50. The van der Waals surface area contributed by atoms with E-state index in [1.165, 1.54) is 6.20 Å². The fourth-order valence-corrected chi connectivity index (χ4v) is 2.37. The van der Waals surface area contributed by atoms with Gasteiger partial charge in [-0.3, -0.25) is 9.59 Å². The van der Waals surface area contributed by atoms with Crippen molar-refractivity contribution >= 4 is 23.6 Å². The van der Waals surface area contributed by atoms with E-state index in [2.05, 4.69) is 8.75 Å². The van der Waals surface area contributed by atoms with Gasteiger partial charge in [0.25, 0.3) is 5.91 Å². The van der Waals surface area contributed by atoms with Crippen LogP contribution in [0.3, 0.4) is 0 Å². The lowest BCUT2D eigenvalue weighted by molar-refractivity contribution is -0.142. The van der Waals surface area contributed by atoms with Crippen LogP contribution in [0.1, 0.15) is 23.8 Å². The van der Waals surface area contributed by atoms with E-state index in [1.807, 2.05) is 0 Å². The summed E-state index contributed by atoms with van der Waals surface area (Å²) in [5.41, 5.74) is 0.294. The molecule has 7 heteroatoms. The van der Waals surface area contributed by atoms with Crippen LogP contribution >= 0.6 is 11.7 Å². The number of aliphatic carboxylic acids is 1. The van der Waals surface area contributed by atoms with E-state index in [9.17, 15) is 9.59 Å². The maximum Gasteiger partial charge on any atom is 0.308 e. The van der Waals surface area contributed by atoms with Crippen LogP contribution < -0.4 is 0 Å². The Bertz CT molecular complexity index is 406. The highest BCUT2D eigenvalue weighted by atomic mass is 32.1. The molecule has 1 fully saturated rings. The highest BCUT2D eigenvalue weighted by Gasteiger charge is 2.38. The Kier molecular flexibility index (Phi) is 2.86. The van der Waals surface area contributed by atoms with Crippen molar-refractivity contribution in [3.63, 3.8) is 0 Å². The predicted molar refractivity (Wildman–Crippen MR) is 56.2 cm³/mol. The first-order valence-corrected chi connectivity index (χ1v) is 5.65. The molecule has 1 aliphatic rings. The Morgan fingerprint density at radius 1 is 1.62 bits per heavy atom. The van der Waals surface area contributed by atoms with Crippen molar-refractivity contribution < 1.29 is 14.7 Å². The third-order valence-electron chi connectivity index (χ3n) is 2.91. The molecule has 2 heterocycles. The zero-order valence-electron chi connectivity index (χ0n) is 8.66. The van der Waals surface area contributed by atoms with Crippen LogP contribution in [0.15, 0.2) is 6.20 Å². The SMILES string of the molecule is CC1C(C(=O)O)CCN1C(=O)c1cnsn1. The Morgan fingerprint density at radius 3 is 2.88 bits per heavy atom. The van der Waals surface area contributed by atoms with E-state index >= 15 is 0 Å². The fraction of sp³-hybridized carbons (Fsp3) is 0.556. The number of carboxylic acid groups (broad SMARTS) is 1. The number of carbonyl (C=O) groups excluding carboxylic acids is 1. The Labute approximate surface area is 96.2 Å². The minimum atomic E-state index is -0.848. The zero-order chi connectivity index (χ0) is 11.7. The topological polar surface area (TPSA) is 83.4 Å². The monoisotopic (exact) mass is 241 g/mol. The average Bonchev–Trinajstić information content (AvgIpc) is 2.84. The number of aromatic nitrogens is 2. The van der Waals surface area contributed by atoms with Crippen molar-refractivity contribution in [3.8, 4) is 0 Å². The lowest BCUT2D eigenvalue weighted by Gasteiger charge is -2.21. The molecule has 2 unspecified atom stereocenters. The van der Waals surface area contributed by atoms with Gasteiger partial charge in [0.05, 0.1) is 23.8 Å². The van der Waals surface area contributed by atoms with Gasteiger partial charge < -0.3 is 10.0 Å². The minimum Gasteiger partial charge on any atom is -0.481 e. The van der Waals surface area contributed by atoms with Crippen molar-refractivity contribution in [1.82, 2.24) is 13.6 Å². The number of rotatable bonds is 2. The van der Waals surface area contributed by atoms with E-state index in [1.54, 1.807) is 11.8 Å². The molecule has 0 aromatic carbocycles. The van der Waals surface area contributed by atoms with Crippen LogP contribution in [0, 0.1) is 5.92 Å². The normalized spacial score (nSPS) is 24.7. The molecular formula is C9H11N3O3S. The van der Waals surface area contributed by atoms with Crippen LogP contribution in [0.25, 0.3) is 0 Å². The number of carboxylic acids is 1. The lowest BCUT2D eigenvalue weighted by Crippen LogP contribution is -2.37. The van der Waals surface area contributed by atoms with Crippen LogP contribution in [-0.4, -0.2) is 43.2 Å². The molecule has 2 rings (SSSR count). The molecule has 0 spiro atoms. The van der Waals surface area contributed by atoms with E-state index in [0.717, 1.165) is 11.7 Å². The summed E-state index contributed by atoms with van der Waals surface area (Å²) in [4.78, 5) is 24.4. The molecule has 86 valence electrons. The van der Waals surface area contributed by atoms with Crippen molar-refractivity contribution in [2.75, 3.05) is 6.54 Å². The average molecular weight is 241 g/mol.